The summed E-state index contributed by atoms with van der Waals surface area (Å²) in [5.41, 5.74) is 2.68. The molecule has 0 bridgehead atoms. The summed E-state index contributed by atoms with van der Waals surface area (Å²) in [6, 6.07) is 9.41. The van der Waals surface area contributed by atoms with Crippen LogP contribution in [0.5, 0.6) is 0 Å². The van der Waals surface area contributed by atoms with Gasteiger partial charge in [-0.3, -0.25) is 4.72 Å². The number of nitrogens with one attached hydrogen (secondary N) is 3. The molecule has 27 heavy (non-hydrogen) atoms. The first-order valence-electron chi connectivity index (χ1n) is 8.49. The molecule has 1 aromatic heterocycles. The Kier molecular flexibility index (Phi) is 10.1. The molecule has 1 unspecified atom stereocenters. The standard InChI is InChI=1S/C18H26N4O2S2.HI/c1-4-19-18(20-11-14(2)16-9-10-25-13-16)21-12-15-7-5-6-8-17(15)22-26(3,23)24;/h5-10,13-14,22H,4,11-12H2,1-3H3,(H2,19,20,21);1H. The Hall–Kier alpha value is -1.33. The summed E-state index contributed by atoms with van der Waals surface area (Å²) >= 11 is 1.70. The van der Waals surface area contributed by atoms with Gasteiger partial charge in [-0.15, -0.1) is 24.0 Å². The van der Waals surface area contributed by atoms with Crippen molar-refractivity contribution in [1.82, 2.24) is 10.6 Å². The third kappa shape index (κ3) is 8.48. The first-order chi connectivity index (χ1) is 12.4. The van der Waals surface area contributed by atoms with Gasteiger partial charge >= 0.3 is 0 Å². The number of benzene rings is 1. The lowest BCUT2D eigenvalue weighted by Crippen LogP contribution is -2.39. The molecule has 1 aromatic carbocycles. The summed E-state index contributed by atoms with van der Waals surface area (Å²) < 4.78 is 25.6. The molecule has 9 heteroatoms. The van der Waals surface area contributed by atoms with Crippen molar-refractivity contribution in [3.05, 3.63) is 52.2 Å². The number of nitrogens with zero attached hydrogens (tertiary/aromatic N) is 1. The van der Waals surface area contributed by atoms with Gasteiger partial charge < -0.3 is 10.6 Å². The lowest BCUT2D eigenvalue weighted by molar-refractivity contribution is 0.606. The Morgan fingerprint density at radius 1 is 1.22 bits per heavy atom. The molecule has 0 saturated heterocycles. The molecule has 1 atom stereocenters. The van der Waals surface area contributed by atoms with Crippen molar-refractivity contribution in [1.29, 1.82) is 0 Å². The molecule has 0 aliphatic carbocycles. The van der Waals surface area contributed by atoms with Gasteiger partial charge in [0.05, 0.1) is 18.5 Å². The highest BCUT2D eigenvalue weighted by Crippen LogP contribution is 2.18. The van der Waals surface area contributed by atoms with E-state index in [0.29, 0.717) is 24.1 Å². The maximum absolute atomic E-state index is 11.5. The molecule has 0 radical (unpaired) electrons. The van der Waals surface area contributed by atoms with Gasteiger partial charge in [-0.25, -0.2) is 13.4 Å². The smallest absolute Gasteiger partial charge is 0.229 e. The highest BCUT2D eigenvalue weighted by Gasteiger charge is 2.09. The van der Waals surface area contributed by atoms with Gasteiger partial charge in [0.15, 0.2) is 5.96 Å². The monoisotopic (exact) mass is 522 g/mol. The van der Waals surface area contributed by atoms with Gasteiger partial charge in [0, 0.05) is 13.1 Å². The molecular formula is C18H27IN4O2S2. The van der Waals surface area contributed by atoms with Crippen LogP contribution in [0.1, 0.15) is 30.9 Å². The fourth-order valence-electron chi connectivity index (χ4n) is 2.39. The van der Waals surface area contributed by atoms with Crippen LogP contribution in [0, 0.1) is 0 Å². The van der Waals surface area contributed by atoms with Crippen LogP contribution >= 0.6 is 35.3 Å². The van der Waals surface area contributed by atoms with Gasteiger partial charge in [0.1, 0.15) is 0 Å². The molecule has 0 saturated carbocycles. The minimum absolute atomic E-state index is 0. The second-order valence-corrected chi connectivity index (χ2v) is 8.59. The minimum Gasteiger partial charge on any atom is -0.357 e. The summed E-state index contributed by atoms with van der Waals surface area (Å²) in [5.74, 6) is 1.09. The molecule has 0 amide bonds. The number of rotatable bonds is 8. The van der Waals surface area contributed by atoms with E-state index >= 15 is 0 Å². The van der Waals surface area contributed by atoms with Gasteiger partial charge in [-0.1, -0.05) is 25.1 Å². The quantitative estimate of drug-likeness (QED) is 0.281. The Morgan fingerprint density at radius 2 is 1.96 bits per heavy atom. The highest BCUT2D eigenvalue weighted by molar-refractivity contribution is 14.0. The zero-order valence-electron chi connectivity index (χ0n) is 15.7. The summed E-state index contributed by atoms with van der Waals surface area (Å²) in [5, 5.41) is 10.8. The van der Waals surface area contributed by atoms with Crippen molar-refractivity contribution >= 4 is 57.0 Å². The number of para-hydroxylation sites is 1. The molecule has 0 spiro atoms. The zero-order chi connectivity index (χ0) is 19.0. The van der Waals surface area contributed by atoms with Crippen LogP contribution in [0.4, 0.5) is 5.69 Å². The van der Waals surface area contributed by atoms with E-state index in [1.807, 2.05) is 19.1 Å². The molecule has 2 aromatic rings. The number of hydrogen-bond acceptors (Lipinski definition) is 4. The Bertz CT molecular complexity index is 824. The Balaban J connectivity index is 0.00000364. The van der Waals surface area contributed by atoms with E-state index in [2.05, 4.69) is 44.1 Å². The number of halogens is 1. The molecule has 6 nitrogen and oxygen atoms in total. The lowest BCUT2D eigenvalue weighted by Gasteiger charge is -2.16. The Labute approximate surface area is 182 Å². The van der Waals surface area contributed by atoms with Crippen molar-refractivity contribution in [2.45, 2.75) is 26.3 Å². The molecule has 1 heterocycles. The molecule has 150 valence electrons. The molecular weight excluding hydrogens is 495 g/mol. The van der Waals surface area contributed by atoms with Crippen LogP contribution in [0.25, 0.3) is 0 Å². The van der Waals surface area contributed by atoms with Gasteiger partial charge in [-0.2, -0.15) is 11.3 Å². The average Bonchev–Trinajstić information content (AvgIpc) is 3.11. The number of hydrogen-bond donors (Lipinski definition) is 3. The number of sulfonamides is 1. The first-order valence-corrected chi connectivity index (χ1v) is 11.3. The SMILES string of the molecule is CCNC(=NCc1ccccc1NS(C)(=O)=O)NCC(C)c1ccsc1.I. The van der Waals surface area contributed by atoms with Crippen molar-refractivity contribution in [3.8, 4) is 0 Å². The van der Waals surface area contributed by atoms with E-state index in [0.717, 1.165) is 24.9 Å². The predicted molar refractivity (Wildman–Crippen MR) is 126 cm³/mol. The van der Waals surface area contributed by atoms with Gasteiger partial charge in [-0.05, 0) is 46.9 Å². The summed E-state index contributed by atoms with van der Waals surface area (Å²) in [7, 11) is -3.32. The first kappa shape index (κ1) is 23.7. The van der Waals surface area contributed by atoms with Crippen molar-refractivity contribution in [2.24, 2.45) is 4.99 Å². The maximum Gasteiger partial charge on any atom is 0.229 e. The fourth-order valence-corrected chi connectivity index (χ4v) is 3.77. The normalized spacial score (nSPS) is 12.8. The van der Waals surface area contributed by atoms with E-state index in [9.17, 15) is 8.42 Å². The van der Waals surface area contributed by atoms with Crippen LogP contribution < -0.4 is 15.4 Å². The molecule has 3 N–H and O–H groups in total. The fraction of sp³-hybridized carbons (Fsp3) is 0.389. The van der Waals surface area contributed by atoms with Crippen molar-refractivity contribution < 1.29 is 8.42 Å². The number of anilines is 1. The topological polar surface area (TPSA) is 82.6 Å². The van der Waals surface area contributed by atoms with E-state index in [1.165, 1.54) is 5.56 Å². The van der Waals surface area contributed by atoms with Crippen molar-refractivity contribution in [2.75, 3.05) is 24.1 Å². The van der Waals surface area contributed by atoms with Gasteiger partial charge in [0.25, 0.3) is 0 Å². The molecule has 2 rings (SSSR count). The van der Waals surface area contributed by atoms with E-state index in [4.69, 9.17) is 0 Å². The van der Waals surface area contributed by atoms with Crippen LogP contribution in [-0.4, -0.2) is 33.7 Å². The van der Waals surface area contributed by atoms with Crippen LogP contribution in [0.2, 0.25) is 0 Å². The van der Waals surface area contributed by atoms with E-state index in [-0.39, 0.29) is 24.0 Å². The number of aliphatic imine (C=N–C) groups is 1. The summed E-state index contributed by atoms with van der Waals surface area (Å²) in [6.07, 6.45) is 1.14. The maximum atomic E-state index is 11.5. The third-order valence-corrected chi connectivity index (χ3v) is 5.04. The average molecular weight is 522 g/mol. The molecule has 0 aliphatic heterocycles. The van der Waals surface area contributed by atoms with Crippen LogP contribution in [-0.2, 0) is 16.6 Å². The zero-order valence-corrected chi connectivity index (χ0v) is 19.7. The summed E-state index contributed by atoms with van der Waals surface area (Å²) in [6.45, 7) is 6.08. The lowest BCUT2D eigenvalue weighted by atomic mass is 10.1. The number of thiophene rings is 1. The molecule has 0 aliphatic rings. The van der Waals surface area contributed by atoms with E-state index in [1.54, 1.807) is 23.5 Å². The third-order valence-electron chi connectivity index (χ3n) is 3.75. The number of guanidine groups is 1. The second-order valence-electron chi connectivity index (χ2n) is 6.07. The second kappa shape index (κ2) is 11.5. The highest BCUT2D eigenvalue weighted by atomic mass is 127. The summed E-state index contributed by atoms with van der Waals surface area (Å²) in [4.78, 5) is 4.59. The van der Waals surface area contributed by atoms with Gasteiger partial charge in [0.2, 0.25) is 10.0 Å². The Morgan fingerprint density at radius 3 is 2.59 bits per heavy atom. The predicted octanol–water partition coefficient (Wildman–Crippen LogP) is 3.60. The molecule has 0 fully saturated rings. The van der Waals surface area contributed by atoms with E-state index < -0.39 is 10.0 Å². The largest absolute Gasteiger partial charge is 0.357 e. The van der Waals surface area contributed by atoms with Crippen LogP contribution in [0.15, 0.2) is 46.1 Å². The van der Waals surface area contributed by atoms with Crippen LogP contribution in [0.3, 0.4) is 0 Å². The minimum atomic E-state index is -3.32. The van der Waals surface area contributed by atoms with Crippen molar-refractivity contribution in [3.63, 3.8) is 0 Å².